The van der Waals surface area contributed by atoms with Crippen LogP contribution in [0.1, 0.15) is 32.3 Å². The number of pyridine rings is 1. The van der Waals surface area contributed by atoms with Gasteiger partial charge in [-0.3, -0.25) is 9.88 Å². The van der Waals surface area contributed by atoms with Gasteiger partial charge in [0, 0.05) is 38.2 Å². The highest BCUT2D eigenvalue weighted by Crippen LogP contribution is 2.34. The smallest absolute Gasteiger partial charge is 0.411 e. The summed E-state index contributed by atoms with van der Waals surface area (Å²) in [6.45, 7) is 7.18. The van der Waals surface area contributed by atoms with Crippen LogP contribution < -0.4 is 5.32 Å². The van der Waals surface area contributed by atoms with Gasteiger partial charge in [0.2, 0.25) is 0 Å². The largest absolute Gasteiger partial charge is 0.444 e. The van der Waals surface area contributed by atoms with E-state index in [1.54, 1.807) is 29.6 Å². The molecule has 3 rings (SSSR count). The van der Waals surface area contributed by atoms with Crippen molar-refractivity contribution in [1.29, 1.82) is 0 Å². The van der Waals surface area contributed by atoms with Crippen molar-refractivity contribution in [1.82, 2.24) is 25.2 Å². The summed E-state index contributed by atoms with van der Waals surface area (Å²) in [4.78, 5) is 28.0. The van der Waals surface area contributed by atoms with Gasteiger partial charge in [-0.2, -0.15) is 0 Å². The van der Waals surface area contributed by atoms with Gasteiger partial charge in [-0.25, -0.2) is 14.8 Å². The number of hydrogen-bond acceptors (Lipinski definition) is 6. The van der Waals surface area contributed by atoms with E-state index < -0.39 is 17.2 Å². The number of nitrogens with zero attached hydrogens (tertiary/aromatic N) is 4. The van der Waals surface area contributed by atoms with Crippen molar-refractivity contribution in [2.45, 2.75) is 31.9 Å². The SMILES string of the molecule is CC(C)(C)OC(=O)N1CCNCC1(c1ccccn1)c1ncccn1. The zero-order valence-electron chi connectivity index (χ0n) is 14.8. The third-order valence-electron chi connectivity index (χ3n) is 3.99. The van der Waals surface area contributed by atoms with Gasteiger partial charge in [-0.15, -0.1) is 0 Å². The fraction of sp³-hybridized carbons (Fsp3) is 0.444. The molecule has 7 nitrogen and oxygen atoms in total. The van der Waals surface area contributed by atoms with Crippen LogP contribution in [0.5, 0.6) is 0 Å². The van der Waals surface area contributed by atoms with E-state index in [0.717, 1.165) is 0 Å². The monoisotopic (exact) mass is 341 g/mol. The summed E-state index contributed by atoms with van der Waals surface area (Å²) < 4.78 is 5.65. The van der Waals surface area contributed by atoms with E-state index in [-0.39, 0.29) is 0 Å². The second-order valence-corrected chi connectivity index (χ2v) is 6.96. The van der Waals surface area contributed by atoms with Crippen LogP contribution in [-0.2, 0) is 10.3 Å². The molecule has 0 aromatic carbocycles. The summed E-state index contributed by atoms with van der Waals surface area (Å²) in [7, 11) is 0. The predicted molar refractivity (Wildman–Crippen MR) is 92.9 cm³/mol. The highest BCUT2D eigenvalue weighted by Gasteiger charge is 2.49. The Kier molecular flexibility index (Phi) is 4.67. The number of rotatable bonds is 2. The minimum Gasteiger partial charge on any atom is -0.444 e. The Hall–Kier alpha value is -2.54. The minimum absolute atomic E-state index is 0.396. The fourth-order valence-electron chi connectivity index (χ4n) is 2.97. The van der Waals surface area contributed by atoms with E-state index in [0.29, 0.717) is 31.2 Å². The van der Waals surface area contributed by atoms with Crippen LogP contribution in [0.2, 0.25) is 0 Å². The molecule has 0 saturated carbocycles. The number of hydrogen-bond donors (Lipinski definition) is 1. The Morgan fingerprint density at radius 3 is 2.52 bits per heavy atom. The summed E-state index contributed by atoms with van der Waals surface area (Å²) in [6.07, 6.45) is 4.67. The first-order valence-electron chi connectivity index (χ1n) is 8.34. The Balaban J connectivity index is 2.12. The Morgan fingerprint density at radius 2 is 1.88 bits per heavy atom. The molecule has 1 unspecified atom stereocenters. The molecule has 2 aromatic heterocycles. The van der Waals surface area contributed by atoms with Gasteiger partial charge in [0.05, 0.1) is 5.69 Å². The van der Waals surface area contributed by atoms with Gasteiger partial charge in [-0.1, -0.05) is 6.07 Å². The van der Waals surface area contributed by atoms with Crippen molar-refractivity contribution < 1.29 is 9.53 Å². The lowest BCUT2D eigenvalue weighted by Crippen LogP contribution is -2.63. The molecular formula is C18H23N5O2. The molecule has 0 spiro atoms. The number of ether oxygens (including phenoxy) is 1. The molecule has 1 aliphatic rings. The molecule has 25 heavy (non-hydrogen) atoms. The summed E-state index contributed by atoms with van der Waals surface area (Å²) in [5.74, 6) is 0.520. The third-order valence-corrected chi connectivity index (χ3v) is 3.99. The van der Waals surface area contributed by atoms with Crippen LogP contribution in [-0.4, -0.2) is 51.2 Å². The summed E-state index contributed by atoms with van der Waals surface area (Å²) in [6, 6.07) is 7.39. The number of amides is 1. The van der Waals surface area contributed by atoms with E-state index in [2.05, 4.69) is 20.3 Å². The molecule has 1 aliphatic heterocycles. The van der Waals surface area contributed by atoms with E-state index in [4.69, 9.17) is 4.74 Å². The molecule has 1 N–H and O–H groups in total. The van der Waals surface area contributed by atoms with Crippen molar-refractivity contribution in [2.75, 3.05) is 19.6 Å². The lowest BCUT2D eigenvalue weighted by atomic mass is 9.89. The Morgan fingerprint density at radius 1 is 1.16 bits per heavy atom. The molecule has 132 valence electrons. The molecule has 3 heterocycles. The van der Waals surface area contributed by atoms with Gasteiger partial charge in [-0.05, 0) is 39.0 Å². The van der Waals surface area contributed by atoms with Crippen LogP contribution in [0.3, 0.4) is 0 Å². The summed E-state index contributed by atoms with van der Waals surface area (Å²) in [5.41, 5.74) is -0.794. The standard InChI is InChI=1S/C18H23N5O2/c1-17(2,3)25-16(24)23-12-11-19-13-18(23,14-7-4-5-8-20-14)15-21-9-6-10-22-15/h4-10,19H,11-13H2,1-3H3. The first-order chi connectivity index (χ1) is 11.9. The average molecular weight is 341 g/mol. The maximum Gasteiger partial charge on any atom is 0.411 e. The van der Waals surface area contributed by atoms with Crippen molar-refractivity contribution in [3.8, 4) is 0 Å². The lowest BCUT2D eigenvalue weighted by molar-refractivity contribution is -0.00597. The summed E-state index contributed by atoms with van der Waals surface area (Å²) in [5, 5.41) is 3.35. The molecule has 0 aliphatic carbocycles. The van der Waals surface area contributed by atoms with E-state index in [1.165, 1.54) is 0 Å². The number of piperazine rings is 1. The van der Waals surface area contributed by atoms with Crippen LogP contribution in [0.25, 0.3) is 0 Å². The van der Waals surface area contributed by atoms with Gasteiger partial charge in [0.1, 0.15) is 5.60 Å². The van der Waals surface area contributed by atoms with Gasteiger partial charge >= 0.3 is 6.09 Å². The van der Waals surface area contributed by atoms with Crippen LogP contribution >= 0.6 is 0 Å². The first kappa shape index (κ1) is 17.3. The molecule has 1 fully saturated rings. The Labute approximate surface area is 147 Å². The van der Waals surface area contributed by atoms with Crippen molar-refractivity contribution >= 4 is 6.09 Å². The fourth-order valence-corrected chi connectivity index (χ4v) is 2.97. The molecular weight excluding hydrogens is 318 g/mol. The zero-order valence-corrected chi connectivity index (χ0v) is 14.8. The maximum atomic E-state index is 13.0. The van der Waals surface area contributed by atoms with E-state index in [1.807, 2.05) is 39.0 Å². The van der Waals surface area contributed by atoms with Crippen LogP contribution in [0, 0.1) is 0 Å². The molecule has 0 bridgehead atoms. The molecule has 2 aromatic rings. The predicted octanol–water partition coefficient (Wildman–Crippen LogP) is 1.96. The van der Waals surface area contributed by atoms with Crippen molar-refractivity contribution in [3.63, 3.8) is 0 Å². The van der Waals surface area contributed by atoms with Gasteiger partial charge in [0.25, 0.3) is 0 Å². The lowest BCUT2D eigenvalue weighted by Gasteiger charge is -2.45. The van der Waals surface area contributed by atoms with Gasteiger partial charge in [0.15, 0.2) is 11.4 Å². The highest BCUT2D eigenvalue weighted by atomic mass is 16.6. The number of carbonyl (C=O) groups is 1. The van der Waals surface area contributed by atoms with E-state index in [9.17, 15) is 4.79 Å². The third kappa shape index (κ3) is 3.46. The molecule has 1 atom stereocenters. The van der Waals surface area contributed by atoms with Gasteiger partial charge < -0.3 is 10.1 Å². The van der Waals surface area contributed by atoms with E-state index >= 15 is 0 Å². The van der Waals surface area contributed by atoms with Crippen LogP contribution in [0.15, 0.2) is 42.9 Å². The quantitative estimate of drug-likeness (QED) is 0.899. The number of aromatic nitrogens is 3. The number of carbonyl (C=O) groups excluding carboxylic acids is 1. The van der Waals surface area contributed by atoms with Crippen molar-refractivity contribution in [3.05, 3.63) is 54.4 Å². The topological polar surface area (TPSA) is 80.2 Å². The first-order valence-corrected chi connectivity index (χ1v) is 8.34. The maximum absolute atomic E-state index is 13.0. The van der Waals surface area contributed by atoms with Crippen molar-refractivity contribution in [2.24, 2.45) is 0 Å². The zero-order chi connectivity index (χ0) is 17.9. The normalized spacial score (nSPS) is 21.0. The highest BCUT2D eigenvalue weighted by molar-refractivity contribution is 5.70. The molecule has 0 radical (unpaired) electrons. The molecule has 7 heteroatoms. The minimum atomic E-state index is -0.914. The molecule has 1 saturated heterocycles. The summed E-state index contributed by atoms with van der Waals surface area (Å²) >= 11 is 0. The second-order valence-electron chi connectivity index (χ2n) is 6.96. The Bertz CT molecular complexity index is 676. The molecule has 1 amide bonds. The number of nitrogens with one attached hydrogen (secondary N) is 1. The van der Waals surface area contributed by atoms with Crippen LogP contribution in [0.4, 0.5) is 4.79 Å². The second kappa shape index (κ2) is 6.76. The average Bonchev–Trinajstić information content (AvgIpc) is 2.61.